The zero-order valence-corrected chi connectivity index (χ0v) is 36.5. The molecule has 3 aromatic rings. The SMILES string of the molecule is CCCCCN1/C(=C/C=C2\CCCC(/C=C/C3=[N+](CCCCCC(=O)ON4C(=O)CCC4=O)c4ccccc4C3(C)C)=C2Oc2ccccc2)C(C)(C)c2cc(C)ccc21. The lowest BCUT2D eigenvalue weighted by molar-refractivity contribution is -0.438. The molecule has 0 bridgehead atoms. The number of ether oxygens (including phenoxy) is 1. The third kappa shape index (κ3) is 8.98. The number of hydroxylamine groups is 2. The maximum Gasteiger partial charge on any atom is 0.333 e. The van der Waals surface area contributed by atoms with Gasteiger partial charge in [0.2, 0.25) is 5.69 Å². The molecule has 0 spiro atoms. The Kier molecular flexibility index (Phi) is 13.1. The molecule has 8 heteroatoms. The Morgan fingerprint density at radius 3 is 2.30 bits per heavy atom. The van der Waals surface area contributed by atoms with Crippen LogP contribution in [0.1, 0.15) is 128 Å². The lowest BCUT2D eigenvalue weighted by Crippen LogP contribution is -2.31. The summed E-state index contributed by atoms with van der Waals surface area (Å²) in [6, 6.07) is 25.7. The molecule has 0 radical (unpaired) electrons. The van der Waals surface area contributed by atoms with Gasteiger partial charge in [-0.15, -0.1) is 5.06 Å². The van der Waals surface area contributed by atoms with E-state index in [2.05, 4.69) is 118 Å². The second-order valence-electron chi connectivity index (χ2n) is 17.7. The summed E-state index contributed by atoms with van der Waals surface area (Å²) in [4.78, 5) is 43.9. The van der Waals surface area contributed by atoms with Crippen molar-refractivity contribution in [1.29, 1.82) is 0 Å². The Morgan fingerprint density at radius 1 is 0.783 bits per heavy atom. The number of carbonyl (C=O) groups is 3. The van der Waals surface area contributed by atoms with Crippen molar-refractivity contribution >= 4 is 34.9 Å². The van der Waals surface area contributed by atoms with Gasteiger partial charge in [-0.1, -0.05) is 93.8 Å². The molecule has 7 rings (SSSR count). The predicted molar refractivity (Wildman–Crippen MR) is 239 cm³/mol. The molecule has 1 aliphatic carbocycles. The number of para-hydroxylation sites is 2. The topological polar surface area (TPSA) is 79.2 Å². The van der Waals surface area contributed by atoms with E-state index < -0.39 is 17.8 Å². The number of nitrogens with zero attached hydrogens (tertiary/aromatic N) is 3. The van der Waals surface area contributed by atoms with E-state index >= 15 is 0 Å². The highest BCUT2D eigenvalue weighted by atomic mass is 16.7. The third-order valence-corrected chi connectivity index (χ3v) is 12.6. The average molecular weight is 809 g/mol. The van der Waals surface area contributed by atoms with Gasteiger partial charge in [0.1, 0.15) is 18.1 Å². The Labute approximate surface area is 356 Å². The van der Waals surface area contributed by atoms with Crippen LogP contribution in [-0.2, 0) is 30.1 Å². The van der Waals surface area contributed by atoms with E-state index in [1.807, 2.05) is 30.3 Å². The van der Waals surface area contributed by atoms with Crippen molar-refractivity contribution in [2.24, 2.45) is 0 Å². The number of hydrogen-bond donors (Lipinski definition) is 0. The molecule has 0 atom stereocenters. The van der Waals surface area contributed by atoms with Gasteiger partial charge >= 0.3 is 5.97 Å². The van der Waals surface area contributed by atoms with Crippen LogP contribution in [0.25, 0.3) is 0 Å². The fraction of sp³-hybridized carbons (Fsp3) is 0.423. The lowest BCUT2D eigenvalue weighted by Gasteiger charge is -2.27. The first kappa shape index (κ1) is 42.6. The normalized spacial score (nSPS) is 19.6. The Morgan fingerprint density at radius 2 is 1.53 bits per heavy atom. The van der Waals surface area contributed by atoms with Crippen LogP contribution in [0.3, 0.4) is 0 Å². The second-order valence-corrected chi connectivity index (χ2v) is 17.7. The van der Waals surface area contributed by atoms with Crippen molar-refractivity contribution in [2.45, 2.75) is 129 Å². The second kappa shape index (κ2) is 18.4. The molecule has 1 fully saturated rings. The molecule has 1 saturated heterocycles. The van der Waals surface area contributed by atoms with Crippen LogP contribution >= 0.6 is 0 Å². The minimum Gasteiger partial charge on any atom is -0.457 e. The lowest BCUT2D eigenvalue weighted by atomic mass is 9.81. The zero-order valence-electron chi connectivity index (χ0n) is 36.5. The number of imide groups is 1. The number of allylic oxidation sites excluding steroid dienone is 7. The first-order valence-electron chi connectivity index (χ1n) is 22.2. The third-order valence-electron chi connectivity index (χ3n) is 12.6. The molecule has 60 heavy (non-hydrogen) atoms. The number of fused-ring (bicyclic) bond motifs is 2. The summed E-state index contributed by atoms with van der Waals surface area (Å²) in [7, 11) is 0. The van der Waals surface area contributed by atoms with Crippen molar-refractivity contribution in [3.8, 4) is 5.75 Å². The summed E-state index contributed by atoms with van der Waals surface area (Å²) in [6.07, 6.45) is 18.3. The number of hydrogen-bond acceptors (Lipinski definition) is 6. The van der Waals surface area contributed by atoms with E-state index in [9.17, 15) is 14.4 Å². The van der Waals surface area contributed by atoms with Crippen LogP contribution in [0.5, 0.6) is 5.75 Å². The quantitative estimate of drug-likeness (QED) is 0.0815. The average Bonchev–Trinajstić information content (AvgIpc) is 3.74. The van der Waals surface area contributed by atoms with Crippen LogP contribution in [-0.4, -0.2) is 46.2 Å². The fourth-order valence-electron chi connectivity index (χ4n) is 9.27. The molecular weight excluding hydrogens is 747 g/mol. The van der Waals surface area contributed by atoms with Crippen LogP contribution in [0.15, 0.2) is 120 Å². The van der Waals surface area contributed by atoms with E-state index in [1.54, 1.807) is 0 Å². The molecule has 0 unspecified atom stereocenters. The van der Waals surface area contributed by atoms with E-state index in [0.717, 1.165) is 63.1 Å². The summed E-state index contributed by atoms with van der Waals surface area (Å²) < 4.78 is 9.30. The van der Waals surface area contributed by atoms with Gasteiger partial charge in [0.05, 0.1) is 5.41 Å². The number of anilines is 1. The van der Waals surface area contributed by atoms with Crippen LogP contribution < -0.4 is 9.64 Å². The summed E-state index contributed by atoms with van der Waals surface area (Å²) in [5.74, 6) is 0.315. The Balaban J connectivity index is 1.18. The van der Waals surface area contributed by atoms with Crippen LogP contribution in [0.4, 0.5) is 11.4 Å². The van der Waals surface area contributed by atoms with Gasteiger partial charge in [0.15, 0.2) is 5.71 Å². The Bertz CT molecular complexity index is 2260. The molecule has 0 saturated carbocycles. The molecule has 314 valence electrons. The van der Waals surface area contributed by atoms with Crippen LogP contribution in [0.2, 0.25) is 0 Å². The summed E-state index contributed by atoms with van der Waals surface area (Å²) >= 11 is 0. The van der Waals surface area contributed by atoms with E-state index in [1.165, 1.54) is 63.5 Å². The van der Waals surface area contributed by atoms with E-state index in [0.29, 0.717) is 11.5 Å². The van der Waals surface area contributed by atoms with Gasteiger partial charge in [0, 0.05) is 66.7 Å². The molecule has 3 aliphatic heterocycles. The molecule has 8 nitrogen and oxygen atoms in total. The highest BCUT2D eigenvalue weighted by molar-refractivity contribution is 6.03. The minimum atomic E-state index is -0.545. The summed E-state index contributed by atoms with van der Waals surface area (Å²) in [5, 5.41) is 0.631. The van der Waals surface area contributed by atoms with Crippen molar-refractivity contribution in [2.75, 3.05) is 18.0 Å². The van der Waals surface area contributed by atoms with E-state index in [4.69, 9.17) is 9.57 Å². The summed E-state index contributed by atoms with van der Waals surface area (Å²) in [5.41, 5.74) is 11.1. The molecule has 0 N–H and O–H groups in total. The van der Waals surface area contributed by atoms with Gasteiger partial charge in [-0.25, -0.2) is 4.79 Å². The highest BCUT2D eigenvalue weighted by Crippen LogP contribution is 2.48. The predicted octanol–water partition coefficient (Wildman–Crippen LogP) is 11.4. The van der Waals surface area contributed by atoms with Crippen molar-refractivity contribution in [3.63, 3.8) is 0 Å². The number of rotatable bonds is 16. The number of unbranched alkanes of at least 4 members (excludes halogenated alkanes) is 4. The number of benzene rings is 3. The van der Waals surface area contributed by atoms with Gasteiger partial charge in [-0.3, -0.25) is 9.59 Å². The van der Waals surface area contributed by atoms with Crippen molar-refractivity contribution < 1.29 is 28.5 Å². The maximum absolute atomic E-state index is 12.5. The summed E-state index contributed by atoms with van der Waals surface area (Å²) in [6.45, 7) is 15.6. The van der Waals surface area contributed by atoms with Crippen LogP contribution in [0, 0.1) is 6.92 Å². The standard InChI is InChI=1S/C52H62N3O5/c1-7-8-16-34-54-44-29-26-37(2)36-42(44)52(5,6)46(54)31-28-39-20-18-19-38(50(39)59-40-21-11-9-12-22-40)27-30-45-51(3,4)41-23-14-15-24-43(41)53(45)35-17-10-13-25-49(58)60-55-47(56)32-33-48(55)57/h9,11-12,14-15,21-24,26-31,36H,7-8,10,13,16-20,25,32-35H2,1-6H3/q+1. The van der Waals surface area contributed by atoms with Crippen molar-refractivity contribution in [3.05, 3.63) is 136 Å². The largest absolute Gasteiger partial charge is 0.457 e. The van der Waals surface area contributed by atoms with Gasteiger partial charge < -0.3 is 14.5 Å². The fourth-order valence-corrected chi connectivity index (χ4v) is 9.27. The van der Waals surface area contributed by atoms with Crippen molar-refractivity contribution in [1.82, 2.24) is 5.06 Å². The monoisotopic (exact) mass is 808 g/mol. The van der Waals surface area contributed by atoms with Gasteiger partial charge in [-0.2, -0.15) is 4.58 Å². The van der Waals surface area contributed by atoms with Gasteiger partial charge in [-0.05, 0) is 106 Å². The Hall–Kier alpha value is -5.50. The smallest absolute Gasteiger partial charge is 0.333 e. The molecule has 3 heterocycles. The molecule has 2 amide bonds. The van der Waals surface area contributed by atoms with Gasteiger partial charge in [0.25, 0.3) is 11.8 Å². The molecular formula is C52H62N3O5+. The molecule has 3 aromatic carbocycles. The number of aryl methyl sites for hydroxylation is 1. The highest BCUT2D eigenvalue weighted by Gasteiger charge is 2.44. The number of amides is 2. The minimum absolute atomic E-state index is 0.0910. The first-order valence-corrected chi connectivity index (χ1v) is 22.2. The molecule has 4 aliphatic rings. The first-order chi connectivity index (χ1) is 28.9. The zero-order chi connectivity index (χ0) is 42.4. The molecule has 0 aromatic heterocycles. The van der Waals surface area contributed by atoms with E-state index in [-0.39, 0.29) is 30.1 Å². The maximum atomic E-state index is 12.5. The number of carbonyl (C=O) groups excluding carboxylic acids is 3.